The molecular weight excluding hydrogens is 464 g/mol. The van der Waals surface area contributed by atoms with Gasteiger partial charge in [0.1, 0.15) is 0 Å². The van der Waals surface area contributed by atoms with Crippen LogP contribution in [0.2, 0.25) is 0 Å². The maximum Gasteiger partial charge on any atom is 0.201 e. The molecule has 0 heterocycles. The molecule has 0 aliphatic heterocycles. The van der Waals surface area contributed by atoms with Crippen LogP contribution in [0.4, 0.5) is 17.6 Å². The largest absolute Gasteiger partial charge is 0.490 e. The molecule has 5 heteroatoms. The highest BCUT2D eigenvalue weighted by Gasteiger charge is 2.25. The molecule has 1 aliphatic carbocycles. The zero-order valence-electron chi connectivity index (χ0n) is 20.8. The van der Waals surface area contributed by atoms with Gasteiger partial charge in [0.05, 0.1) is 6.61 Å². The third kappa shape index (κ3) is 5.83. The average molecular weight is 497 g/mol. The Labute approximate surface area is 210 Å². The Kier molecular flexibility index (Phi) is 8.50. The summed E-state index contributed by atoms with van der Waals surface area (Å²) < 4.78 is 64.0. The summed E-state index contributed by atoms with van der Waals surface area (Å²) in [5.41, 5.74) is 2.05. The molecule has 0 spiro atoms. The van der Waals surface area contributed by atoms with Gasteiger partial charge in [-0.05, 0) is 59.9 Å². The molecule has 3 aromatic carbocycles. The lowest BCUT2D eigenvalue weighted by atomic mass is 9.79. The summed E-state index contributed by atoms with van der Waals surface area (Å²) in [4.78, 5) is 0. The van der Waals surface area contributed by atoms with Crippen molar-refractivity contribution in [1.29, 1.82) is 0 Å². The van der Waals surface area contributed by atoms with Crippen LogP contribution in [0, 0.1) is 29.2 Å². The minimum Gasteiger partial charge on any atom is -0.490 e. The third-order valence-electron chi connectivity index (χ3n) is 7.08. The van der Waals surface area contributed by atoms with Crippen molar-refractivity contribution < 1.29 is 22.3 Å². The molecule has 0 radical (unpaired) electrons. The summed E-state index contributed by atoms with van der Waals surface area (Å²) in [6.45, 7) is 4.52. The highest BCUT2D eigenvalue weighted by atomic mass is 19.2. The molecule has 0 N–H and O–H groups in total. The Morgan fingerprint density at radius 2 is 1.50 bits per heavy atom. The van der Waals surface area contributed by atoms with Crippen molar-refractivity contribution in [3.8, 4) is 16.9 Å². The van der Waals surface area contributed by atoms with Gasteiger partial charge in [-0.15, -0.1) is 0 Å². The van der Waals surface area contributed by atoms with E-state index in [0.717, 1.165) is 44.1 Å². The van der Waals surface area contributed by atoms with Gasteiger partial charge in [0.2, 0.25) is 5.82 Å². The molecule has 0 atom stereocenters. The van der Waals surface area contributed by atoms with Crippen LogP contribution in [0.15, 0.2) is 48.5 Å². The van der Waals surface area contributed by atoms with E-state index < -0.39 is 23.3 Å². The normalized spacial score (nSPS) is 18.1. The standard InChI is InChI=1S/C31H32F4O/c1-3-4-19-36-27-18-15-24(28(32)31(27)35)14-9-21-7-12-23(13-8-21)26-17-16-25(29(33)30(26)34)22-10-5-20(2)6-11-22/h7-9,12-18,20,22H,3-6,10-11,19H2,1-2H3/b14-9+. The van der Waals surface area contributed by atoms with Gasteiger partial charge in [-0.1, -0.05) is 81.7 Å². The average Bonchev–Trinajstić information content (AvgIpc) is 2.89. The highest BCUT2D eigenvalue weighted by molar-refractivity contribution is 5.73. The number of hydrogen-bond donors (Lipinski definition) is 0. The van der Waals surface area contributed by atoms with Gasteiger partial charge in [0, 0.05) is 11.1 Å². The fourth-order valence-corrected chi connectivity index (χ4v) is 4.75. The minimum atomic E-state index is -1.01. The van der Waals surface area contributed by atoms with E-state index >= 15 is 0 Å². The molecular formula is C31H32F4O. The summed E-state index contributed by atoms with van der Waals surface area (Å²) in [5.74, 6) is -2.95. The van der Waals surface area contributed by atoms with Crippen molar-refractivity contribution in [2.24, 2.45) is 5.92 Å². The van der Waals surface area contributed by atoms with Crippen molar-refractivity contribution in [1.82, 2.24) is 0 Å². The van der Waals surface area contributed by atoms with Crippen LogP contribution in [0.3, 0.4) is 0 Å². The first-order chi connectivity index (χ1) is 17.4. The lowest BCUT2D eigenvalue weighted by Crippen LogP contribution is -2.13. The van der Waals surface area contributed by atoms with E-state index in [9.17, 15) is 17.6 Å². The summed E-state index contributed by atoms with van der Waals surface area (Å²) in [6.07, 6.45) is 8.63. The van der Waals surface area contributed by atoms with Gasteiger partial charge in [-0.3, -0.25) is 0 Å². The van der Waals surface area contributed by atoms with Gasteiger partial charge >= 0.3 is 0 Å². The van der Waals surface area contributed by atoms with Crippen molar-refractivity contribution in [3.05, 3.63) is 88.5 Å². The van der Waals surface area contributed by atoms with Crippen LogP contribution >= 0.6 is 0 Å². The summed E-state index contributed by atoms with van der Waals surface area (Å²) in [6, 6.07) is 13.1. The highest BCUT2D eigenvalue weighted by Crippen LogP contribution is 2.38. The minimum absolute atomic E-state index is 0.0689. The monoisotopic (exact) mass is 496 g/mol. The second-order valence-electron chi connectivity index (χ2n) is 9.73. The first-order valence-electron chi connectivity index (χ1n) is 12.8. The smallest absolute Gasteiger partial charge is 0.201 e. The number of hydrogen-bond acceptors (Lipinski definition) is 1. The lowest BCUT2D eigenvalue weighted by Gasteiger charge is -2.27. The van der Waals surface area contributed by atoms with Crippen LogP contribution in [0.25, 0.3) is 23.3 Å². The van der Waals surface area contributed by atoms with Crippen molar-refractivity contribution in [2.75, 3.05) is 6.61 Å². The molecule has 0 aromatic heterocycles. The second-order valence-corrected chi connectivity index (χ2v) is 9.73. The Bertz CT molecular complexity index is 1210. The molecule has 4 rings (SSSR count). The number of ether oxygens (including phenoxy) is 1. The quantitative estimate of drug-likeness (QED) is 0.171. The molecule has 3 aromatic rings. The van der Waals surface area contributed by atoms with E-state index in [2.05, 4.69) is 6.92 Å². The number of unbranched alkanes of at least 4 members (excludes halogenated alkanes) is 1. The van der Waals surface area contributed by atoms with Gasteiger partial charge in [0.25, 0.3) is 0 Å². The SMILES string of the molecule is CCCCOc1ccc(/C=C/c2ccc(-c3ccc(C4CCC(C)CC4)c(F)c3F)cc2)c(F)c1F. The maximum absolute atomic E-state index is 15.0. The number of rotatable bonds is 8. The maximum atomic E-state index is 15.0. The van der Waals surface area contributed by atoms with Gasteiger partial charge in [0.15, 0.2) is 23.2 Å². The molecule has 0 amide bonds. The van der Waals surface area contributed by atoms with Crippen LogP contribution in [-0.4, -0.2) is 6.61 Å². The first-order valence-corrected chi connectivity index (χ1v) is 12.8. The Hall–Kier alpha value is -3.08. The molecule has 1 saturated carbocycles. The van der Waals surface area contributed by atoms with E-state index in [1.54, 1.807) is 42.5 Å². The number of benzene rings is 3. The van der Waals surface area contributed by atoms with Crippen LogP contribution in [0.1, 0.15) is 75.0 Å². The van der Waals surface area contributed by atoms with E-state index in [-0.39, 0.29) is 22.8 Å². The van der Waals surface area contributed by atoms with Crippen molar-refractivity contribution in [3.63, 3.8) is 0 Å². The topological polar surface area (TPSA) is 9.23 Å². The molecule has 36 heavy (non-hydrogen) atoms. The fraction of sp³-hybridized carbons (Fsp3) is 0.355. The van der Waals surface area contributed by atoms with Gasteiger partial charge < -0.3 is 4.74 Å². The van der Waals surface area contributed by atoms with Crippen LogP contribution in [0.5, 0.6) is 5.75 Å². The van der Waals surface area contributed by atoms with E-state index in [0.29, 0.717) is 23.7 Å². The summed E-state index contributed by atoms with van der Waals surface area (Å²) >= 11 is 0. The lowest BCUT2D eigenvalue weighted by molar-refractivity contribution is 0.288. The van der Waals surface area contributed by atoms with E-state index in [4.69, 9.17) is 4.74 Å². The molecule has 190 valence electrons. The number of halogens is 4. The predicted octanol–water partition coefficient (Wildman–Crippen LogP) is 9.55. The van der Waals surface area contributed by atoms with E-state index in [1.165, 1.54) is 18.2 Å². The zero-order valence-corrected chi connectivity index (χ0v) is 20.8. The molecule has 1 aliphatic rings. The Morgan fingerprint density at radius 1 is 0.778 bits per heavy atom. The summed E-state index contributed by atoms with van der Waals surface area (Å²) in [7, 11) is 0. The van der Waals surface area contributed by atoms with E-state index in [1.807, 2.05) is 6.92 Å². The molecule has 1 nitrogen and oxygen atoms in total. The van der Waals surface area contributed by atoms with Crippen LogP contribution in [-0.2, 0) is 0 Å². The first kappa shape index (κ1) is 26.0. The molecule has 0 unspecified atom stereocenters. The molecule has 1 fully saturated rings. The predicted molar refractivity (Wildman–Crippen MR) is 138 cm³/mol. The van der Waals surface area contributed by atoms with Crippen molar-refractivity contribution >= 4 is 12.2 Å². The molecule has 0 saturated heterocycles. The van der Waals surface area contributed by atoms with Crippen molar-refractivity contribution in [2.45, 2.75) is 58.3 Å². The third-order valence-corrected chi connectivity index (χ3v) is 7.08. The Balaban J connectivity index is 1.48. The molecule has 0 bridgehead atoms. The van der Waals surface area contributed by atoms with Gasteiger partial charge in [-0.2, -0.15) is 4.39 Å². The van der Waals surface area contributed by atoms with Crippen LogP contribution < -0.4 is 4.74 Å². The Morgan fingerprint density at radius 3 is 2.19 bits per heavy atom. The van der Waals surface area contributed by atoms with Gasteiger partial charge in [-0.25, -0.2) is 13.2 Å². The second kappa shape index (κ2) is 11.8. The summed E-state index contributed by atoms with van der Waals surface area (Å²) in [5, 5.41) is 0. The zero-order chi connectivity index (χ0) is 25.7. The fourth-order valence-electron chi connectivity index (χ4n) is 4.75.